The average molecular weight is 335 g/mol. The molecule has 0 atom stereocenters. The van der Waals surface area contributed by atoms with Crippen LogP contribution in [0.3, 0.4) is 0 Å². The fraction of sp³-hybridized carbons (Fsp3) is 0.0714. The van der Waals surface area contributed by atoms with Crippen molar-refractivity contribution in [1.29, 1.82) is 0 Å². The van der Waals surface area contributed by atoms with Crippen LogP contribution in [0.25, 0.3) is 20.8 Å². The maximum atomic E-state index is 6.02. The minimum Gasteiger partial charge on any atom is -0.497 e. The molecule has 0 radical (unpaired) electrons. The van der Waals surface area contributed by atoms with Crippen molar-refractivity contribution in [3.63, 3.8) is 0 Å². The summed E-state index contributed by atoms with van der Waals surface area (Å²) in [6.45, 7) is 0. The van der Waals surface area contributed by atoms with Gasteiger partial charge in [0.25, 0.3) is 0 Å². The number of nitrogens with two attached hydrogens (primary N) is 1. The Morgan fingerprint density at radius 1 is 1.21 bits per heavy atom. The lowest BCUT2D eigenvalue weighted by Crippen LogP contribution is -1.89. The molecule has 0 aliphatic rings. The van der Waals surface area contributed by atoms with Crippen LogP contribution in [0.4, 0.5) is 5.69 Å². The van der Waals surface area contributed by atoms with E-state index in [4.69, 9.17) is 10.5 Å². The van der Waals surface area contributed by atoms with E-state index >= 15 is 0 Å². The van der Waals surface area contributed by atoms with Crippen LogP contribution < -0.4 is 10.5 Å². The zero-order valence-electron chi connectivity index (χ0n) is 10.2. The lowest BCUT2D eigenvalue weighted by atomic mass is 10.2. The van der Waals surface area contributed by atoms with Crippen molar-refractivity contribution in [3.8, 4) is 16.3 Å². The number of aromatic nitrogens is 1. The molecule has 3 aromatic rings. The van der Waals surface area contributed by atoms with Crippen LogP contribution in [0, 0.1) is 0 Å². The molecule has 0 aliphatic carbocycles. The Balaban J connectivity index is 2.17. The standard InChI is InChI=1S/C14H11BrN2OS/c1-18-9-3-5-12-13(7-9)19-14(17-12)10-6-8(15)2-4-11(10)16/h2-7H,16H2,1H3. The van der Waals surface area contributed by atoms with Crippen LogP contribution in [0.2, 0.25) is 0 Å². The van der Waals surface area contributed by atoms with Gasteiger partial charge in [0.05, 0.1) is 17.3 Å². The van der Waals surface area contributed by atoms with Gasteiger partial charge < -0.3 is 10.5 Å². The molecular weight excluding hydrogens is 324 g/mol. The van der Waals surface area contributed by atoms with Crippen LogP contribution in [0.1, 0.15) is 0 Å². The van der Waals surface area contributed by atoms with Gasteiger partial charge in [-0.2, -0.15) is 0 Å². The first-order valence-electron chi connectivity index (χ1n) is 5.67. The number of nitrogens with zero attached hydrogens (tertiary/aromatic N) is 1. The maximum absolute atomic E-state index is 6.02. The minimum atomic E-state index is 0.731. The summed E-state index contributed by atoms with van der Waals surface area (Å²) in [5.74, 6) is 0.838. The summed E-state index contributed by atoms with van der Waals surface area (Å²) in [6, 6.07) is 11.7. The minimum absolute atomic E-state index is 0.731. The summed E-state index contributed by atoms with van der Waals surface area (Å²) in [6.07, 6.45) is 0. The second-order valence-electron chi connectivity index (χ2n) is 4.08. The van der Waals surface area contributed by atoms with Gasteiger partial charge in [-0.3, -0.25) is 0 Å². The van der Waals surface area contributed by atoms with Crippen molar-refractivity contribution in [2.75, 3.05) is 12.8 Å². The van der Waals surface area contributed by atoms with Crippen molar-refractivity contribution in [2.24, 2.45) is 0 Å². The normalized spacial score (nSPS) is 10.8. The Bertz CT molecular complexity index is 754. The van der Waals surface area contributed by atoms with Crippen molar-refractivity contribution >= 4 is 43.2 Å². The fourth-order valence-electron chi connectivity index (χ4n) is 1.86. The van der Waals surface area contributed by atoms with Gasteiger partial charge in [-0.15, -0.1) is 11.3 Å². The second kappa shape index (κ2) is 4.83. The van der Waals surface area contributed by atoms with Gasteiger partial charge in [-0.05, 0) is 36.4 Å². The largest absolute Gasteiger partial charge is 0.497 e. The molecule has 0 amide bonds. The summed E-state index contributed by atoms with van der Waals surface area (Å²) in [5, 5.41) is 0.919. The number of fused-ring (bicyclic) bond motifs is 1. The lowest BCUT2D eigenvalue weighted by Gasteiger charge is -2.01. The van der Waals surface area contributed by atoms with Crippen molar-refractivity contribution < 1.29 is 4.74 Å². The van der Waals surface area contributed by atoms with E-state index < -0.39 is 0 Å². The second-order valence-corrected chi connectivity index (χ2v) is 6.03. The van der Waals surface area contributed by atoms with Gasteiger partial charge in [-0.1, -0.05) is 15.9 Å². The highest BCUT2D eigenvalue weighted by atomic mass is 79.9. The Labute approximate surface area is 123 Å². The molecule has 0 saturated carbocycles. The average Bonchev–Trinajstić information content (AvgIpc) is 2.83. The Kier molecular flexibility index (Phi) is 3.16. The molecule has 1 aromatic heterocycles. The number of halogens is 1. The molecule has 96 valence electrons. The third-order valence-electron chi connectivity index (χ3n) is 2.84. The topological polar surface area (TPSA) is 48.1 Å². The third kappa shape index (κ3) is 2.31. The molecule has 1 heterocycles. The molecule has 0 bridgehead atoms. The molecular formula is C14H11BrN2OS. The molecule has 3 rings (SSSR count). The molecule has 0 unspecified atom stereocenters. The Morgan fingerprint density at radius 3 is 2.84 bits per heavy atom. The summed E-state index contributed by atoms with van der Waals surface area (Å²) in [5.41, 5.74) is 8.66. The SMILES string of the molecule is COc1ccc2nc(-c3cc(Br)ccc3N)sc2c1. The summed E-state index contributed by atoms with van der Waals surface area (Å²) >= 11 is 5.07. The molecule has 2 aromatic carbocycles. The van der Waals surface area contributed by atoms with Gasteiger partial charge >= 0.3 is 0 Å². The monoisotopic (exact) mass is 334 g/mol. The molecule has 2 N–H and O–H groups in total. The lowest BCUT2D eigenvalue weighted by molar-refractivity contribution is 0.415. The van der Waals surface area contributed by atoms with Gasteiger partial charge in [-0.25, -0.2) is 4.98 Å². The van der Waals surface area contributed by atoms with E-state index in [1.165, 1.54) is 0 Å². The van der Waals surface area contributed by atoms with Crippen LogP contribution in [-0.4, -0.2) is 12.1 Å². The van der Waals surface area contributed by atoms with Crippen molar-refractivity contribution in [1.82, 2.24) is 4.98 Å². The van der Waals surface area contributed by atoms with E-state index in [1.54, 1.807) is 18.4 Å². The number of ether oxygens (including phenoxy) is 1. The Hall–Kier alpha value is -1.59. The molecule has 0 spiro atoms. The molecule has 19 heavy (non-hydrogen) atoms. The zero-order valence-corrected chi connectivity index (χ0v) is 12.6. The van der Waals surface area contributed by atoms with Gasteiger partial charge in [0.2, 0.25) is 0 Å². The van der Waals surface area contributed by atoms with Crippen molar-refractivity contribution in [3.05, 3.63) is 40.9 Å². The first-order valence-corrected chi connectivity index (χ1v) is 7.28. The number of thiazole rings is 1. The first-order chi connectivity index (χ1) is 9.17. The quantitative estimate of drug-likeness (QED) is 0.710. The number of benzene rings is 2. The van der Waals surface area contributed by atoms with E-state index in [2.05, 4.69) is 20.9 Å². The van der Waals surface area contributed by atoms with E-state index in [-0.39, 0.29) is 0 Å². The zero-order chi connectivity index (χ0) is 13.4. The summed E-state index contributed by atoms with van der Waals surface area (Å²) < 4.78 is 7.31. The maximum Gasteiger partial charge on any atom is 0.126 e. The van der Waals surface area contributed by atoms with Crippen LogP contribution in [0.15, 0.2) is 40.9 Å². The van der Waals surface area contributed by atoms with Crippen LogP contribution >= 0.6 is 27.3 Å². The number of nitrogen functional groups attached to an aromatic ring is 1. The summed E-state index contributed by atoms with van der Waals surface area (Å²) in [4.78, 5) is 4.62. The van der Waals surface area contributed by atoms with Crippen LogP contribution in [0.5, 0.6) is 5.75 Å². The summed E-state index contributed by atoms with van der Waals surface area (Å²) in [7, 11) is 1.66. The highest BCUT2D eigenvalue weighted by Crippen LogP contribution is 2.36. The molecule has 0 fully saturated rings. The van der Waals surface area contributed by atoms with Gasteiger partial charge in [0, 0.05) is 15.7 Å². The number of hydrogen-bond donors (Lipinski definition) is 1. The number of rotatable bonds is 2. The predicted molar refractivity (Wildman–Crippen MR) is 83.7 cm³/mol. The van der Waals surface area contributed by atoms with E-state index in [0.29, 0.717) is 0 Å². The number of hydrogen-bond acceptors (Lipinski definition) is 4. The van der Waals surface area contributed by atoms with Crippen molar-refractivity contribution in [2.45, 2.75) is 0 Å². The number of methoxy groups -OCH3 is 1. The predicted octanol–water partition coefficient (Wildman–Crippen LogP) is 4.32. The van der Waals surface area contributed by atoms with Crippen LogP contribution in [-0.2, 0) is 0 Å². The molecule has 0 saturated heterocycles. The first kappa shape index (κ1) is 12.4. The van der Waals surface area contributed by atoms with E-state index in [9.17, 15) is 0 Å². The van der Waals surface area contributed by atoms with E-state index in [0.717, 1.165) is 36.7 Å². The Morgan fingerprint density at radius 2 is 2.05 bits per heavy atom. The van der Waals surface area contributed by atoms with Gasteiger partial charge in [0.15, 0.2) is 0 Å². The van der Waals surface area contributed by atoms with E-state index in [1.807, 2.05) is 36.4 Å². The smallest absolute Gasteiger partial charge is 0.126 e. The fourth-order valence-corrected chi connectivity index (χ4v) is 3.25. The highest BCUT2D eigenvalue weighted by molar-refractivity contribution is 9.10. The van der Waals surface area contributed by atoms with Gasteiger partial charge in [0.1, 0.15) is 10.8 Å². The third-order valence-corrected chi connectivity index (χ3v) is 4.39. The molecule has 0 aliphatic heterocycles. The molecule has 3 nitrogen and oxygen atoms in total. The highest BCUT2D eigenvalue weighted by Gasteiger charge is 2.10. The molecule has 5 heteroatoms. The number of anilines is 1.